The molecule has 112 valence electrons. The van der Waals surface area contributed by atoms with Gasteiger partial charge in [0.1, 0.15) is 18.5 Å². The Kier molecular flexibility index (Phi) is 5.96. The molecule has 0 amide bonds. The first kappa shape index (κ1) is 15.7. The first-order valence-corrected chi connectivity index (χ1v) is 8.15. The average molecular weight is 303 g/mol. The summed E-state index contributed by atoms with van der Waals surface area (Å²) in [6.07, 6.45) is 1.50. The van der Waals surface area contributed by atoms with E-state index in [1.807, 2.05) is 43.3 Å². The summed E-state index contributed by atoms with van der Waals surface area (Å²) in [5.41, 5.74) is 2.15. The van der Waals surface area contributed by atoms with Crippen molar-refractivity contribution in [2.45, 2.75) is 17.9 Å². The summed E-state index contributed by atoms with van der Waals surface area (Å²) in [4.78, 5) is 1.23. The molecule has 2 aromatic carbocycles. The minimum atomic E-state index is -0.550. The van der Waals surface area contributed by atoms with Crippen molar-refractivity contribution in [3.8, 4) is 5.75 Å². The van der Waals surface area contributed by atoms with E-state index in [2.05, 4.69) is 23.7 Å². The molecule has 1 unspecified atom stereocenters. The number of benzene rings is 2. The molecule has 0 heterocycles. The number of nitrogens with one attached hydrogen (secondary N) is 1. The van der Waals surface area contributed by atoms with Crippen LogP contribution in [0.25, 0.3) is 0 Å². The highest BCUT2D eigenvalue weighted by Gasteiger charge is 2.05. The van der Waals surface area contributed by atoms with Crippen molar-refractivity contribution in [1.82, 2.24) is 0 Å². The summed E-state index contributed by atoms with van der Waals surface area (Å²) in [5.74, 6) is 0.790. The van der Waals surface area contributed by atoms with Gasteiger partial charge in [-0.2, -0.15) is 0 Å². The van der Waals surface area contributed by atoms with Crippen molar-refractivity contribution >= 4 is 17.4 Å². The van der Waals surface area contributed by atoms with Crippen LogP contribution in [0, 0.1) is 6.92 Å². The molecule has 21 heavy (non-hydrogen) atoms. The van der Waals surface area contributed by atoms with Gasteiger partial charge in [0.15, 0.2) is 0 Å². The number of thioether (sulfide) groups is 1. The smallest absolute Gasteiger partial charge is 0.119 e. The molecule has 2 N–H and O–H groups in total. The van der Waals surface area contributed by atoms with Crippen LogP contribution in [0.3, 0.4) is 0 Å². The van der Waals surface area contributed by atoms with Gasteiger partial charge in [-0.15, -0.1) is 11.8 Å². The molecule has 0 spiro atoms. The Hall–Kier alpha value is -1.65. The van der Waals surface area contributed by atoms with Crippen molar-refractivity contribution in [1.29, 1.82) is 0 Å². The number of rotatable bonds is 7. The van der Waals surface area contributed by atoms with Crippen LogP contribution in [0.2, 0.25) is 0 Å². The summed E-state index contributed by atoms with van der Waals surface area (Å²) in [7, 11) is 0. The largest absolute Gasteiger partial charge is 0.491 e. The minimum absolute atomic E-state index is 0.277. The molecule has 0 aromatic heterocycles. The third-order valence-corrected chi connectivity index (χ3v) is 3.81. The topological polar surface area (TPSA) is 41.5 Å². The lowest BCUT2D eigenvalue weighted by Crippen LogP contribution is -2.26. The lowest BCUT2D eigenvalue weighted by atomic mass is 10.2. The Balaban J connectivity index is 1.75. The third-order valence-electron chi connectivity index (χ3n) is 3.06. The second kappa shape index (κ2) is 7.96. The van der Waals surface area contributed by atoms with Crippen LogP contribution in [-0.4, -0.2) is 30.6 Å². The zero-order valence-electron chi connectivity index (χ0n) is 12.4. The zero-order valence-corrected chi connectivity index (χ0v) is 13.2. The fourth-order valence-corrected chi connectivity index (χ4v) is 2.31. The van der Waals surface area contributed by atoms with E-state index in [1.54, 1.807) is 11.8 Å². The monoisotopic (exact) mass is 303 g/mol. The average Bonchev–Trinajstić information content (AvgIpc) is 2.51. The third kappa shape index (κ3) is 5.33. The van der Waals surface area contributed by atoms with E-state index in [9.17, 15) is 5.11 Å². The maximum absolute atomic E-state index is 9.95. The van der Waals surface area contributed by atoms with Crippen LogP contribution in [0.4, 0.5) is 5.69 Å². The van der Waals surface area contributed by atoms with Gasteiger partial charge in [-0.1, -0.05) is 12.1 Å². The van der Waals surface area contributed by atoms with Crippen molar-refractivity contribution in [2.75, 3.05) is 24.7 Å². The summed E-state index contributed by atoms with van der Waals surface area (Å²) in [6, 6.07) is 16.0. The Bertz CT molecular complexity index is 557. The van der Waals surface area contributed by atoms with Gasteiger partial charge < -0.3 is 15.2 Å². The number of anilines is 1. The molecule has 2 aromatic rings. The van der Waals surface area contributed by atoms with Gasteiger partial charge in [0.05, 0.1) is 0 Å². The molecule has 1 atom stereocenters. The van der Waals surface area contributed by atoms with Crippen molar-refractivity contribution in [3.05, 3.63) is 54.1 Å². The summed E-state index contributed by atoms with van der Waals surface area (Å²) >= 11 is 1.71. The summed E-state index contributed by atoms with van der Waals surface area (Å²) in [5, 5.41) is 13.2. The molecule has 0 bridgehead atoms. The van der Waals surface area contributed by atoms with Crippen LogP contribution in [0.15, 0.2) is 53.4 Å². The molecule has 0 aliphatic heterocycles. The van der Waals surface area contributed by atoms with Crippen molar-refractivity contribution in [2.24, 2.45) is 0 Å². The maximum Gasteiger partial charge on any atom is 0.119 e. The first-order chi connectivity index (χ1) is 10.2. The second-order valence-corrected chi connectivity index (χ2v) is 5.77. The maximum atomic E-state index is 9.95. The standard InChI is InChI=1S/C17H21NO2S/c1-13-4-3-5-16(10-13)20-12-15(19)11-18-14-6-8-17(21-2)9-7-14/h3-10,15,18-19H,11-12H2,1-2H3. The van der Waals surface area contributed by atoms with Gasteiger partial charge in [-0.3, -0.25) is 0 Å². The molecular weight excluding hydrogens is 282 g/mol. The highest BCUT2D eigenvalue weighted by molar-refractivity contribution is 7.98. The van der Waals surface area contributed by atoms with E-state index < -0.39 is 6.10 Å². The Morgan fingerprint density at radius 3 is 2.62 bits per heavy atom. The van der Waals surface area contributed by atoms with E-state index in [1.165, 1.54) is 4.90 Å². The van der Waals surface area contributed by atoms with Gasteiger partial charge >= 0.3 is 0 Å². The molecule has 0 saturated carbocycles. The van der Waals surface area contributed by atoms with E-state index in [4.69, 9.17) is 4.74 Å². The van der Waals surface area contributed by atoms with Gasteiger partial charge in [0.25, 0.3) is 0 Å². The predicted octanol–water partition coefficient (Wildman–Crippen LogP) is 3.57. The molecule has 2 rings (SSSR count). The molecule has 0 aliphatic carbocycles. The molecule has 0 fully saturated rings. The van der Waals surface area contributed by atoms with E-state index in [-0.39, 0.29) is 6.61 Å². The first-order valence-electron chi connectivity index (χ1n) is 6.93. The van der Waals surface area contributed by atoms with E-state index in [0.717, 1.165) is 17.0 Å². The molecular formula is C17H21NO2S. The lowest BCUT2D eigenvalue weighted by molar-refractivity contribution is 0.117. The Morgan fingerprint density at radius 2 is 1.95 bits per heavy atom. The SMILES string of the molecule is CSc1ccc(NCC(O)COc2cccc(C)c2)cc1. The minimum Gasteiger partial charge on any atom is -0.491 e. The molecule has 0 radical (unpaired) electrons. The normalized spacial score (nSPS) is 12.0. The van der Waals surface area contributed by atoms with Gasteiger partial charge in [-0.25, -0.2) is 0 Å². The highest BCUT2D eigenvalue weighted by Crippen LogP contribution is 2.17. The van der Waals surface area contributed by atoms with E-state index in [0.29, 0.717) is 6.54 Å². The predicted molar refractivity (Wildman–Crippen MR) is 89.4 cm³/mol. The van der Waals surface area contributed by atoms with Crippen molar-refractivity contribution in [3.63, 3.8) is 0 Å². The molecule has 0 saturated heterocycles. The fraction of sp³-hybridized carbons (Fsp3) is 0.294. The summed E-state index contributed by atoms with van der Waals surface area (Å²) < 4.78 is 5.58. The number of hydrogen-bond acceptors (Lipinski definition) is 4. The van der Waals surface area contributed by atoms with E-state index >= 15 is 0 Å². The molecule has 0 aliphatic rings. The second-order valence-electron chi connectivity index (χ2n) is 4.89. The number of hydrogen-bond donors (Lipinski definition) is 2. The Morgan fingerprint density at radius 1 is 1.19 bits per heavy atom. The van der Waals surface area contributed by atoms with Crippen LogP contribution in [-0.2, 0) is 0 Å². The Labute approximate surface area is 130 Å². The highest BCUT2D eigenvalue weighted by atomic mass is 32.2. The molecule has 3 nitrogen and oxygen atoms in total. The zero-order chi connectivity index (χ0) is 15.1. The van der Waals surface area contributed by atoms with Crippen LogP contribution >= 0.6 is 11.8 Å². The summed E-state index contributed by atoms with van der Waals surface area (Å²) in [6.45, 7) is 2.76. The van der Waals surface area contributed by atoms with Gasteiger partial charge in [-0.05, 0) is 55.1 Å². The van der Waals surface area contributed by atoms with Crippen LogP contribution in [0.5, 0.6) is 5.75 Å². The lowest BCUT2D eigenvalue weighted by Gasteiger charge is -2.14. The molecule has 4 heteroatoms. The number of aliphatic hydroxyl groups is 1. The van der Waals surface area contributed by atoms with Crippen molar-refractivity contribution < 1.29 is 9.84 Å². The number of aryl methyl sites for hydroxylation is 1. The fourth-order valence-electron chi connectivity index (χ4n) is 1.90. The van der Waals surface area contributed by atoms with Gasteiger partial charge in [0, 0.05) is 17.1 Å². The van der Waals surface area contributed by atoms with Gasteiger partial charge in [0.2, 0.25) is 0 Å². The number of aliphatic hydroxyl groups excluding tert-OH is 1. The van der Waals surface area contributed by atoms with Crippen LogP contribution in [0.1, 0.15) is 5.56 Å². The van der Waals surface area contributed by atoms with Crippen LogP contribution < -0.4 is 10.1 Å². The quantitative estimate of drug-likeness (QED) is 0.767. The number of ether oxygens (including phenoxy) is 1.